The molecule has 5 rings (SSSR count). The van der Waals surface area contributed by atoms with Gasteiger partial charge in [0.05, 0.1) is 37.2 Å². The van der Waals surface area contributed by atoms with Crippen molar-refractivity contribution in [1.82, 2.24) is 4.86 Å². The molecular formula is C67H103F3NP2SSi3+. The third-order valence-electron chi connectivity index (χ3n) is 17.3. The Morgan fingerprint density at radius 1 is 0.377 bits per heavy atom. The summed E-state index contributed by atoms with van der Waals surface area (Å²) in [5.41, 5.74) is -4.46. The van der Waals surface area contributed by atoms with Crippen molar-refractivity contribution in [3.05, 3.63) is 127 Å². The molecule has 0 aliphatic rings. The van der Waals surface area contributed by atoms with Crippen LogP contribution in [0.4, 0.5) is 13.2 Å². The fraction of sp³-hybridized carbons (Fsp3) is 0.552. The molecular weight excluding hydrogens is 1050 g/mol. The normalized spacial score (nSPS) is 13.4. The zero-order chi connectivity index (χ0) is 55.6. The molecule has 1 atom stereocenters. The Bertz CT molecular complexity index is 2240. The summed E-state index contributed by atoms with van der Waals surface area (Å²) in [6.07, 6.45) is 22.3. The van der Waals surface area contributed by atoms with Gasteiger partial charge in [0.1, 0.15) is 15.9 Å². The van der Waals surface area contributed by atoms with Crippen LogP contribution in [0.15, 0.2) is 132 Å². The molecule has 424 valence electrons. The van der Waals surface area contributed by atoms with Gasteiger partial charge in [-0.1, -0.05) is 339 Å². The smallest absolute Gasteiger partial charge is 0.160 e. The lowest BCUT2D eigenvalue weighted by Crippen LogP contribution is -2.49. The number of unbranched alkanes of at least 4 members (excludes halogenated alkanes) is 9. The molecule has 0 aliphatic heterocycles. The second kappa shape index (κ2) is 33.6. The minimum atomic E-state index is -4.46. The summed E-state index contributed by atoms with van der Waals surface area (Å²) in [6, 6.07) is 59.8. The zero-order valence-corrected chi connectivity index (χ0v) is 55.3. The zero-order valence-electron chi connectivity index (χ0n) is 49.7. The summed E-state index contributed by atoms with van der Waals surface area (Å²) in [6.45, 7) is 21.1. The molecule has 10 heteroatoms. The maximum Gasteiger partial charge on any atom is 0.446 e. The molecule has 5 aromatic carbocycles. The van der Waals surface area contributed by atoms with Crippen LogP contribution in [0, 0.1) is 0 Å². The molecule has 0 fully saturated rings. The van der Waals surface area contributed by atoms with Gasteiger partial charge in [-0.2, -0.15) is 13.2 Å². The first-order valence-corrected chi connectivity index (χ1v) is 42.8. The number of benzene rings is 5. The summed E-state index contributed by atoms with van der Waals surface area (Å²) >= 11 is 0.0558. The van der Waals surface area contributed by atoms with Gasteiger partial charge in [-0.25, -0.2) is 0 Å². The van der Waals surface area contributed by atoms with Crippen LogP contribution in [0.3, 0.4) is 0 Å². The van der Waals surface area contributed by atoms with Crippen LogP contribution in [0.5, 0.6) is 0 Å². The highest BCUT2D eigenvalue weighted by Gasteiger charge is 2.51. The third kappa shape index (κ3) is 17.9. The van der Waals surface area contributed by atoms with Crippen molar-refractivity contribution in [3.8, 4) is 0 Å². The predicted octanol–water partition coefficient (Wildman–Crippen LogP) is 19.3. The second-order valence-electron chi connectivity index (χ2n) is 22.9. The Morgan fingerprint density at radius 3 is 0.974 bits per heavy atom. The van der Waals surface area contributed by atoms with Gasteiger partial charge in [0.2, 0.25) is 0 Å². The molecule has 0 heterocycles. The molecule has 5 aromatic rings. The monoisotopic (exact) mass is 1160 g/mol. The van der Waals surface area contributed by atoms with E-state index >= 15 is 13.2 Å². The lowest BCUT2D eigenvalue weighted by atomic mass is 10.3. The summed E-state index contributed by atoms with van der Waals surface area (Å²) in [5.74, 6) is 0. The van der Waals surface area contributed by atoms with E-state index in [4.69, 9.17) is 0 Å². The first kappa shape index (κ1) is 65.5. The first-order valence-electron chi connectivity index (χ1n) is 31.0. The van der Waals surface area contributed by atoms with E-state index in [1.54, 1.807) is 22.5 Å². The quantitative estimate of drug-likeness (QED) is 0.0240. The average molecular weight is 1160 g/mol. The molecule has 1 N–H and O–H groups in total. The standard InChI is InChI=1S/C67H103F3NP2SSi3/c1-10-19-49-75(50-20-11-2,51-21-12-3)62-43-37-58(38-44-62)72(59-39-45-63(46-40-59)76(52-22-13-4,53-23-14-5)54-24-15-6)71-73(60-33-29-28-30-34-60,65-35-31-32-36-66(65)74-67(68,69)70)61-41-47-64(48-42-61)77(55-25-16-7,56-26-17-8)57-27-18-9/h28-48,71H,10-27,49-57H2,1-9H3/q+1. The van der Waals surface area contributed by atoms with Crippen molar-refractivity contribution in [1.29, 1.82) is 0 Å². The van der Waals surface area contributed by atoms with E-state index in [1.165, 1.54) is 186 Å². The molecule has 1 unspecified atom stereocenters. The summed E-state index contributed by atoms with van der Waals surface area (Å²) in [4.78, 5) is 4.87. The Kier molecular flexibility index (Phi) is 28.6. The highest BCUT2D eigenvalue weighted by atomic mass is 32.2. The predicted molar refractivity (Wildman–Crippen MR) is 353 cm³/mol. The fourth-order valence-electron chi connectivity index (χ4n) is 12.6. The van der Waals surface area contributed by atoms with Crippen molar-refractivity contribution in [2.24, 2.45) is 0 Å². The summed E-state index contributed by atoms with van der Waals surface area (Å²) < 4.78 is 45.3. The van der Waals surface area contributed by atoms with Crippen LogP contribution in [-0.4, -0.2) is 29.7 Å². The van der Waals surface area contributed by atoms with Crippen LogP contribution in [0.2, 0.25) is 54.4 Å². The minimum absolute atomic E-state index is 0.0558. The van der Waals surface area contributed by atoms with Crippen molar-refractivity contribution in [2.45, 2.75) is 243 Å². The van der Waals surface area contributed by atoms with Crippen LogP contribution in [0.25, 0.3) is 0 Å². The van der Waals surface area contributed by atoms with E-state index < -0.39 is 45.2 Å². The number of hydrogen-bond acceptors (Lipinski definition) is 2. The van der Waals surface area contributed by atoms with Crippen LogP contribution >= 0.6 is 27.2 Å². The number of thioether (sulfide) groups is 1. The summed E-state index contributed by atoms with van der Waals surface area (Å²) in [5, 5.41) is 10.1. The maximum atomic E-state index is 15.1. The molecule has 0 saturated carbocycles. The molecule has 0 aromatic heterocycles. The Morgan fingerprint density at radius 2 is 0.662 bits per heavy atom. The lowest BCUT2D eigenvalue weighted by molar-refractivity contribution is -0.0327. The SMILES string of the molecule is CCCC[Si](CCCC)(CCCC)c1ccc(P(N[P+](c2ccccc2)(c2ccc([Si](CCCC)(CCCC)CCCC)cc2)c2ccccc2SC(F)(F)F)c2ccc([Si](CCCC)(CCCC)CCCC)cc2)cc1. The lowest BCUT2D eigenvalue weighted by Gasteiger charge is -2.36. The van der Waals surface area contributed by atoms with E-state index in [2.05, 4.69) is 170 Å². The van der Waals surface area contributed by atoms with Crippen molar-refractivity contribution >= 4 is 93.6 Å². The second-order valence-corrected chi connectivity index (χ2v) is 43.3. The van der Waals surface area contributed by atoms with Crippen molar-refractivity contribution in [3.63, 3.8) is 0 Å². The number of hydrogen-bond donors (Lipinski definition) is 1. The van der Waals surface area contributed by atoms with Crippen LogP contribution in [0.1, 0.15) is 178 Å². The fourth-order valence-corrected chi connectivity index (χ4v) is 37.9. The molecule has 0 radical (unpaired) electrons. The molecule has 77 heavy (non-hydrogen) atoms. The Labute approximate surface area is 478 Å². The molecule has 0 saturated heterocycles. The average Bonchev–Trinajstić information content (AvgIpc) is 3.47. The van der Waals surface area contributed by atoms with Crippen LogP contribution < -0.4 is 46.9 Å². The number of halogens is 3. The summed E-state index contributed by atoms with van der Waals surface area (Å²) in [7, 11) is -9.96. The minimum Gasteiger partial charge on any atom is -0.160 e. The van der Waals surface area contributed by atoms with Crippen molar-refractivity contribution in [2.75, 3.05) is 0 Å². The number of rotatable bonds is 38. The van der Waals surface area contributed by atoms with E-state index in [1.807, 2.05) is 12.1 Å². The molecule has 0 bridgehead atoms. The van der Waals surface area contributed by atoms with Gasteiger partial charge in [0.25, 0.3) is 0 Å². The van der Waals surface area contributed by atoms with Crippen molar-refractivity contribution < 1.29 is 13.2 Å². The van der Waals surface area contributed by atoms with Gasteiger partial charge >= 0.3 is 5.51 Å². The van der Waals surface area contributed by atoms with Gasteiger partial charge in [0, 0.05) is 0 Å². The third-order valence-corrected chi connectivity index (χ3v) is 41.6. The molecule has 0 spiro atoms. The largest absolute Gasteiger partial charge is 0.446 e. The molecule has 1 nitrogen and oxygen atoms in total. The van der Waals surface area contributed by atoms with Gasteiger partial charge in [0.15, 0.2) is 7.41 Å². The highest BCUT2D eigenvalue weighted by Crippen LogP contribution is 2.59. The van der Waals surface area contributed by atoms with E-state index in [0.717, 1.165) is 15.9 Å². The first-order chi connectivity index (χ1) is 37.3. The van der Waals surface area contributed by atoms with E-state index in [0.29, 0.717) is 0 Å². The van der Waals surface area contributed by atoms with Gasteiger partial charge < -0.3 is 0 Å². The topological polar surface area (TPSA) is 12.0 Å². The molecule has 0 aliphatic carbocycles. The molecule has 0 amide bonds. The Hall–Kier alpha value is -2.29. The van der Waals surface area contributed by atoms with Gasteiger partial charge in [-0.15, -0.1) is 4.86 Å². The highest BCUT2D eigenvalue weighted by molar-refractivity contribution is 8.03. The number of nitrogens with one attached hydrogen (secondary N) is 1. The van der Waals surface area contributed by atoms with Gasteiger partial charge in [-0.05, 0) is 58.8 Å². The number of alkyl halides is 3. The van der Waals surface area contributed by atoms with Crippen LogP contribution in [-0.2, 0) is 0 Å². The van der Waals surface area contributed by atoms with Gasteiger partial charge in [-0.3, -0.25) is 0 Å². The maximum absolute atomic E-state index is 15.1. The van der Waals surface area contributed by atoms with E-state index in [-0.39, 0.29) is 16.7 Å². The van der Waals surface area contributed by atoms with E-state index in [9.17, 15) is 0 Å². The Balaban J connectivity index is 1.89.